The van der Waals surface area contributed by atoms with Crippen molar-refractivity contribution in [2.45, 2.75) is 13.0 Å². The number of hydrogen-bond donors (Lipinski definition) is 1. The molecule has 1 aromatic heterocycles. The third-order valence-electron chi connectivity index (χ3n) is 4.25. The molecule has 128 valence electrons. The molecule has 0 spiro atoms. The van der Waals surface area contributed by atoms with Gasteiger partial charge in [-0.25, -0.2) is 9.18 Å². The van der Waals surface area contributed by atoms with Gasteiger partial charge in [-0.3, -0.25) is 4.90 Å². The van der Waals surface area contributed by atoms with E-state index in [-0.39, 0.29) is 11.8 Å². The lowest BCUT2D eigenvalue weighted by molar-refractivity contribution is 0.130. The van der Waals surface area contributed by atoms with E-state index in [1.807, 2.05) is 12.1 Å². The Bertz CT molecular complexity index is 652. The summed E-state index contributed by atoms with van der Waals surface area (Å²) >= 11 is 0. The van der Waals surface area contributed by atoms with Crippen LogP contribution in [0.2, 0.25) is 0 Å². The van der Waals surface area contributed by atoms with Crippen LogP contribution in [0.25, 0.3) is 0 Å². The summed E-state index contributed by atoms with van der Waals surface area (Å²) in [5.41, 5.74) is 0.626. The molecule has 6 heteroatoms. The van der Waals surface area contributed by atoms with Crippen LogP contribution in [-0.4, -0.2) is 48.6 Å². The summed E-state index contributed by atoms with van der Waals surface area (Å²) in [6.07, 6.45) is 2.17. The van der Waals surface area contributed by atoms with Crippen LogP contribution in [0.3, 0.4) is 0 Å². The zero-order valence-electron chi connectivity index (χ0n) is 13.6. The van der Waals surface area contributed by atoms with E-state index in [0.29, 0.717) is 31.6 Å². The molecule has 3 rings (SSSR count). The second kappa shape index (κ2) is 7.97. The number of benzene rings is 1. The number of carbonyl (C=O) groups is 1. The predicted octanol–water partition coefficient (Wildman–Crippen LogP) is 2.49. The van der Waals surface area contributed by atoms with Gasteiger partial charge in [0.05, 0.1) is 12.8 Å². The molecule has 0 bridgehead atoms. The van der Waals surface area contributed by atoms with Crippen molar-refractivity contribution in [2.24, 2.45) is 0 Å². The lowest BCUT2D eigenvalue weighted by atomic mass is 10.1. The van der Waals surface area contributed by atoms with Crippen molar-refractivity contribution in [3.05, 3.63) is 59.8 Å². The standard InChI is InChI=1S/C18H22FN3O2/c19-17-6-2-1-4-15(17)7-8-20-18(23)22-11-9-21(10-12-22)14-16-5-3-13-24-16/h1-6,13H,7-12,14H2,(H,20,23). The summed E-state index contributed by atoms with van der Waals surface area (Å²) in [5.74, 6) is 0.719. The van der Waals surface area contributed by atoms with Crippen molar-refractivity contribution >= 4 is 6.03 Å². The molecule has 1 N–H and O–H groups in total. The van der Waals surface area contributed by atoms with Crippen LogP contribution >= 0.6 is 0 Å². The van der Waals surface area contributed by atoms with E-state index in [1.54, 1.807) is 29.4 Å². The van der Waals surface area contributed by atoms with Gasteiger partial charge in [-0.15, -0.1) is 0 Å². The molecule has 0 radical (unpaired) electrons. The van der Waals surface area contributed by atoms with Gasteiger partial charge in [0.1, 0.15) is 11.6 Å². The molecule has 1 aliphatic heterocycles. The van der Waals surface area contributed by atoms with E-state index in [9.17, 15) is 9.18 Å². The highest BCUT2D eigenvalue weighted by atomic mass is 19.1. The fourth-order valence-electron chi connectivity index (χ4n) is 2.85. The number of nitrogens with zero attached hydrogens (tertiary/aromatic N) is 2. The van der Waals surface area contributed by atoms with E-state index in [0.717, 1.165) is 25.4 Å². The first-order chi connectivity index (χ1) is 11.7. The van der Waals surface area contributed by atoms with Gasteiger partial charge in [-0.1, -0.05) is 18.2 Å². The second-order valence-corrected chi connectivity index (χ2v) is 5.92. The first-order valence-corrected chi connectivity index (χ1v) is 8.23. The minimum Gasteiger partial charge on any atom is -0.468 e. The van der Waals surface area contributed by atoms with Crippen molar-refractivity contribution in [2.75, 3.05) is 32.7 Å². The van der Waals surface area contributed by atoms with Gasteiger partial charge in [0.15, 0.2) is 0 Å². The number of rotatable bonds is 5. The topological polar surface area (TPSA) is 48.7 Å². The number of nitrogens with one attached hydrogen (secondary N) is 1. The number of carbonyl (C=O) groups excluding carboxylic acids is 1. The highest BCUT2D eigenvalue weighted by Crippen LogP contribution is 2.09. The summed E-state index contributed by atoms with van der Waals surface area (Å²) in [7, 11) is 0. The lowest BCUT2D eigenvalue weighted by Crippen LogP contribution is -2.51. The van der Waals surface area contributed by atoms with Gasteiger partial charge in [-0.2, -0.15) is 0 Å². The molecule has 2 heterocycles. The molecular weight excluding hydrogens is 309 g/mol. The Morgan fingerprint density at radius 1 is 1.12 bits per heavy atom. The maximum absolute atomic E-state index is 13.5. The summed E-state index contributed by atoms with van der Waals surface area (Å²) in [4.78, 5) is 16.3. The predicted molar refractivity (Wildman–Crippen MR) is 89.1 cm³/mol. The molecule has 1 aromatic carbocycles. The largest absolute Gasteiger partial charge is 0.468 e. The van der Waals surface area contributed by atoms with Gasteiger partial charge < -0.3 is 14.6 Å². The second-order valence-electron chi connectivity index (χ2n) is 5.92. The van der Waals surface area contributed by atoms with Crippen LogP contribution in [0.5, 0.6) is 0 Å². The molecule has 24 heavy (non-hydrogen) atoms. The Balaban J connectivity index is 1.38. The molecular formula is C18H22FN3O2. The SMILES string of the molecule is O=C(NCCc1ccccc1F)N1CCN(Cc2ccco2)CC1. The maximum atomic E-state index is 13.5. The summed E-state index contributed by atoms with van der Waals surface area (Å²) in [5, 5.41) is 2.87. The highest BCUT2D eigenvalue weighted by molar-refractivity contribution is 5.74. The Morgan fingerprint density at radius 2 is 1.92 bits per heavy atom. The van der Waals surface area contributed by atoms with Gasteiger partial charge in [0, 0.05) is 32.7 Å². The van der Waals surface area contributed by atoms with Crippen molar-refractivity contribution in [1.82, 2.24) is 15.1 Å². The van der Waals surface area contributed by atoms with E-state index >= 15 is 0 Å². The summed E-state index contributed by atoms with van der Waals surface area (Å²) in [6, 6.07) is 10.4. The molecule has 5 nitrogen and oxygen atoms in total. The van der Waals surface area contributed by atoms with Crippen molar-refractivity contribution in [3.63, 3.8) is 0 Å². The Hall–Kier alpha value is -2.34. The number of hydrogen-bond acceptors (Lipinski definition) is 3. The van der Waals surface area contributed by atoms with E-state index in [1.165, 1.54) is 6.07 Å². The Kier molecular flexibility index (Phi) is 5.48. The smallest absolute Gasteiger partial charge is 0.317 e. The van der Waals surface area contributed by atoms with Crippen LogP contribution in [0, 0.1) is 5.82 Å². The van der Waals surface area contributed by atoms with Crippen molar-refractivity contribution in [1.29, 1.82) is 0 Å². The normalized spacial score (nSPS) is 15.5. The van der Waals surface area contributed by atoms with Gasteiger partial charge >= 0.3 is 6.03 Å². The Labute approximate surface area is 141 Å². The number of halogens is 1. The number of furan rings is 1. The molecule has 0 unspecified atom stereocenters. The number of urea groups is 1. The van der Waals surface area contributed by atoms with Crippen LogP contribution in [0.15, 0.2) is 47.1 Å². The molecule has 0 saturated carbocycles. The van der Waals surface area contributed by atoms with Crippen LogP contribution in [0.1, 0.15) is 11.3 Å². The minimum atomic E-state index is -0.224. The number of piperazine rings is 1. The zero-order valence-corrected chi connectivity index (χ0v) is 13.6. The Morgan fingerprint density at radius 3 is 2.62 bits per heavy atom. The first-order valence-electron chi connectivity index (χ1n) is 8.23. The van der Waals surface area contributed by atoms with Crippen LogP contribution in [0.4, 0.5) is 9.18 Å². The third-order valence-corrected chi connectivity index (χ3v) is 4.25. The maximum Gasteiger partial charge on any atom is 0.317 e. The summed E-state index contributed by atoms with van der Waals surface area (Å²) in [6.45, 7) is 4.23. The monoisotopic (exact) mass is 331 g/mol. The molecule has 1 saturated heterocycles. The molecule has 2 amide bonds. The first kappa shape index (κ1) is 16.5. The third kappa shape index (κ3) is 4.35. The lowest BCUT2D eigenvalue weighted by Gasteiger charge is -2.34. The average molecular weight is 331 g/mol. The molecule has 1 aliphatic rings. The minimum absolute atomic E-state index is 0.0796. The quantitative estimate of drug-likeness (QED) is 0.916. The van der Waals surface area contributed by atoms with Gasteiger partial charge in [0.2, 0.25) is 0 Å². The number of amides is 2. The summed E-state index contributed by atoms with van der Waals surface area (Å²) < 4.78 is 18.9. The van der Waals surface area contributed by atoms with Gasteiger partial charge in [0.25, 0.3) is 0 Å². The average Bonchev–Trinajstić information content (AvgIpc) is 3.10. The molecule has 1 fully saturated rings. The van der Waals surface area contributed by atoms with E-state index in [2.05, 4.69) is 10.2 Å². The fourth-order valence-corrected chi connectivity index (χ4v) is 2.85. The molecule has 2 aromatic rings. The van der Waals surface area contributed by atoms with E-state index in [4.69, 9.17) is 4.42 Å². The van der Waals surface area contributed by atoms with Crippen molar-refractivity contribution < 1.29 is 13.6 Å². The van der Waals surface area contributed by atoms with Gasteiger partial charge in [-0.05, 0) is 30.2 Å². The molecule has 0 atom stereocenters. The zero-order chi connectivity index (χ0) is 16.8. The van der Waals surface area contributed by atoms with E-state index < -0.39 is 0 Å². The molecule has 0 aliphatic carbocycles. The highest BCUT2D eigenvalue weighted by Gasteiger charge is 2.21. The fraction of sp³-hybridized carbons (Fsp3) is 0.389. The van der Waals surface area contributed by atoms with Crippen LogP contribution < -0.4 is 5.32 Å². The van der Waals surface area contributed by atoms with Crippen molar-refractivity contribution in [3.8, 4) is 0 Å². The van der Waals surface area contributed by atoms with Crippen LogP contribution in [-0.2, 0) is 13.0 Å².